The number of ketones is 3. The summed E-state index contributed by atoms with van der Waals surface area (Å²) in [5.41, 5.74) is 1.61. The Balaban J connectivity index is 1.76. The summed E-state index contributed by atoms with van der Waals surface area (Å²) in [6, 6.07) is 6.70. The number of rotatable bonds is 1. The highest BCUT2D eigenvalue weighted by molar-refractivity contribution is 6.27. The van der Waals surface area contributed by atoms with Crippen molar-refractivity contribution >= 4 is 17.3 Å². The Morgan fingerprint density at radius 3 is 2.28 bits per heavy atom. The van der Waals surface area contributed by atoms with Gasteiger partial charge in [0, 0.05) is 47.5 Å². The quantitative estimate of drug-likeness (QED) is 0.745. The van der Waals surface area contributed by atoms with E-state index in [2.05, 4.69) is 9.97 Å². The van der Waals surface area contributed by atoms with Crippen molar-refractivity contribution in [2.24, 2.45) is 5.41 Å². The van der Waals surface area contributed by atoms with Crippen molar-refractivity contribution in [3.05, 3.63) is 82.3 Å². The van der Waals surface area contributed by atoms with Crippen LogP contribution in [0.2, 0.25) is 0 Å². The molecule has 1 unspecified atom stereocenters. The fraction of sp³-hybridized carbons (Fsp3) is 0.261. The van der Waals surface area contributed by atoms with Crippen molar-refractivity contribution in [2.45, 2.75) is 32.6 Å². The zero-order valence-corrected chi connectivity index (χ0v) is 16.1. The molecule has 6 heteroatoms. The normalized spacial score (nSPS) is 22.7. The number of ether oxygens (including phenoxy) is 1. The molecule has 5 rings (SSSR count). The van der Waals surface area contributed by atoms with Crippen molar-refractivity contribution in [1.82, 2.24) is 9.97 Å². The topological polar surface area (TPSA) is 86.2 Å². The molecule has 0 saturated heterocycles. The van der Waals surface area contributed by atoms with E-state index in [4.69, 9.17) is 4.74 Å². The SMILES string of the molecule is CC1(C)CC(=O)C2=C(C1)OC1=C(C(=O)c3ccccc3C1=O)C2c1cncnc1. The standard InChI is InChI=1S/C23H18N2O4/c1-23(2)7-15(26)18-16(8-23)29-22-19(17(18)12-9-24-11-25-10-12)20(27)13-5-3-4-6-14(13)21(22)28/h3-6,9-11,17H,7-8H2,1-2H3. The monoisotopic (exact) mass is 386 g/mol. The van der Waals surface area contributed by atoms with Crippen molar-refractivity contribution in [1.29, 1.82) is 0 Å². The molecule has 0 spiro atoms. The van der Waals surface area contributed by atoms with Crippen LogP contribution in [0.5, 0.6) is 0 Å². The number of aromatic nitrogens is 2. The summed E-state index contributed by atoms with van der Waals surface area (Å²) in [4.78, 5) is 47.9. The number of Topliss-reactive ketones (excluding diaryl/α,β-unsaturated/α-hetero) is 3. The molecule has 0 bridgehead atoms. The number of fused-ring (bicyclic) bond motifs is 1. The molecule has 1 aromatic carbocycles. The van der Waals surface area contributed by atoms with E-state index < -0.39 is 5.92 Å². The predicted molar refractivity (Wildman–Crippen MR) is 103 cm³/mol. The molecular formula is C23H18N2O4. The molecule has 1 aromatic heterocycles. The van der Waals surface area contributed by atoms with Gasteiger partial charge >= 0.3 is 0 Å². The van der Waals surface area contributed by atoms with Gasteiger partial charge in [-0.2, -0.15) is 0 Å². The molecule has 2 aliphatic carbocycles. The van der Waals surface area contributed by atoms with Crippen molar-refractivity contribution in [3.8, 4) is 0 Å². The maximum atomic E-state index is 13.4. The molecule has 0 amide bonds. The second kappa shape index (κ2) is 6.04. The lowest BCUT2D eigenvalue weighted by atomic mass is 9.68. The van der Waals surface area contributed by atoms with Gasteiger partial charge in [0.1, 0.15) is 12.1 Å². The summed E-state index contributed by atoms with van der Waals surface area (Å²) in [7, 11) is 0. The van der Waals surface area contributed by atoms with E-state index in [0.29, 0.717) is 40.9 Å². The maximum Gasteiger partial charge on any atom is 0.229 e. The number of benzene rings is 1. The molecular weight excluding hydrogens is 368 g/mol. The highest BCUT2D eigenvalue weighted by atomic mass is 16.5. The summed E-state index contributed by atoms with van der Waals surface area (Å²) in [6.45, 7) is 3.98. The van der Waals surface area contributed by atoms with Gasteiger partial charge in [-0.1, -0.05) is 38.1 Å². The molecule has 2 aromatic rings. The number of hydrogen-bond donors (Lipinski definition) is 0. The van der Waals surface area contributed by atoms with Crippen molar-refractivity contribution < 1.29 is 19.1 Å². The summed E-state index contributed by atoms with van der Waals surface area (Å²) in [6.07, 6.45) is 5.42. The van der Waals surface area contributed by atoms with Crippen LogP contribution in [-0.4, -0.2) is 27.3 Å². The largest absolute Gasteiger partial charge is 0.457 e. The fourth-order valence-corrected chi connectivity index (χ4v) is 4.49. The smallest absolute Gasteiger partial charge is 0.229 e. The van der Waals surface area contributed by atoms with Crippen LogP contribution in [0.15, 0.2) is 65.7 Å². The van der Waals surface area contributed by atoms with Crippen LogP contribution in [0, 0.1) is 5.41 Å². The van der Waals surface area contributed by atoms with Gasteiger partial charge in [-0.05, 0) is 5.41 Å². The Hall–Kier alpha value is -3.41. The van der Waals surface area contributed by atoms with Crippen LogP contribution in [0.4, 0.5) is 0 Å². The third-order valence-corrected chi connectivity index (χ3v) is 5.71. The Labute approximate surface area is 167 Å². The fourth-order valence-electron chi connectivity index (χ4n) is 4.49. The zero-order valence-electron chi connectivity index (χ0n) is 16.1. The molecule has 144 valence electrons. The van der Waals surface area contributed by atoms with Crippen molar-refractivity contribution in [2.75, 3.05) is 0 Å². The van der Waals surface area contributed by atoms with Gasteiger partial charge < -0.3 is 4.74 Å². The highest BCUT2D eigenvalue weighted by Crippen LogP contribution is 2.50. The Morgan fingerprint density at radius 1 is 0.931 bits per heavy atom. The van der Waals surface area contributed by atoms with Gasteiger partial charge in [0.2, 0.25) is 5.78 Å². The minimum absolute atomic E-state index is 0.0202. The Kier molecular flexibility index (Phi) is 3.68. The van der Waals surface area contributed by atoms with Gasteiger partial charge in [-0.3, -0.25) is 14.4 Å². The summed E-state index contributed by atoms with van der Waals surface area (Å²) in [5.74, 6) is -0.919. The molecule has 1 aliphatic heterocycles. The minimum Gasteiger partial charge on any atom is -0.457 e. The Bertz CT molecular complexity index is 1160. The summed E-state index contributed by atoms with van der Waals surface area (Å²) in [5, 5.41) is 0. The van der Waals surface area contributed by atoms with E-state index in [0.717, 1.165) is 0 Å². The van der Waals surface area contributed by atoms with Crippen LogP contribution in [-0.2, 0) is 9.53 Å². The van der Waals surface area contributed by atoms with E-state index in [1.54, 1.807) is 36.7 Å². The van der Waals surface area contributed by atoms with Gasteiger partial charge in [-0.15, -0.1) is 0 Å². The number of allylic oxidation sites excluding steroid dienone is 4. The first-order valence-electron chi connectivity index (χ1n) is 9.49. The third kappa shape index (κ3) is 2.59. The number of hydrogen-bond acceptors (Lipinski definition) is 6. The van der Waals surface area contributed by atoms with Crippen LogP contribution in [0.25, 0.3) is 0 Å². The van der Waals surface area contributed by atoms with Gasteiger partial charge in [0.05, 0.1) is 11.5 Å². The van der Waals surface area contributed by atoms with Crippen molar-refractivity contribution in [3.63, 3.8) is 0 Å². The van der Waals surface area contributed by atoms with Crippen LogP contribution >= 0.6 is 0 Å². The summed E-state index contributed by atoms with van der Waals surface area (Å²) >= 11 is 0. The van der Waals surface area contributed by atoms with Gasteiger partial charge in [0.25, 0.3) is 0 Å². The van der Waals surface area contributed by atoms with E-state index in [9.17, 15) is 14.4 Å². The molecule has 6 nitrogen and oxygen atoms in total. The minimum atomic E-state index is -0.705. The maximum absolute atomic E-state index is 13.4. The van der Waals surface area contributed by atoms with E-state index >= 15 is 0 Å². The molecule has 0 fully saturated rings. The molecule has 1 atom stereocenters. The number of carbonyl (C=O) groups excluding carboxylic acids is 3. The molecule has 0 radical (unpaired) electrons. The lowest BCUT2D eigenvalue weighted by Gasteiger charge is -2.39. The average Bonchev–Trinajstić information content (AvgIpc) is 2.70. The lowest BCUT2D eigenvalue weighted by Crippen LogP contribution is -2.37. The molecule has 2 heterocycles. The zero-order chi connectivity index (χ0) is 20.3. The molecule has 0 N–H and O–H groups in total. The first kappa shape index (κ1) is 17.7. The van der Waals surface area contributed by atoms with Crippen LogP contribution < -0.4 is 0 Å². The second-order valence-electron chi connectivity index (χ2n) is 8.43. The second-order valence-corrected chi connectivity index (χ2v) is 8.43. The van der Waals surface area contributed by atoms with E-state index in [1.807, 2.05) is 13.8 Å². The summed E-state index contributed by atoms with van der Waals surface area (Å²) < 4.78 is 6.02. The molecule has 0 saturated carbocycles. The number of nitrogens with zero attached hydrogens (tertiary/aromatic N) is 2. The van der Waals surface area contributed by atoms with Crippen LogP contribution in [0.1, 0.15) is 58.9 Å². The van der Waals surface area contributed by atoms with Gasteiger partial charge in [0.15, 0.2) is 17.3 Å². The lowest BCUT2D eigenvalue weighted by molar-refractivity contribution is -0.119. The number of carbonyl (C=O) groups is 3. The third-order valence-electron chi connectivity index (χ3n) is 5.71. The highest BCUT2D eigenvalue weighted by Gasteiger charge is 2.48. The first-order valence-corrected chi connectivity index (χ1v) is 9.49. The predicted octanol–water partition coefficient (Wildman–Crippen LogP) is 3.57. The van der Waals surface area contributed by atoms with E-state index in [-0.39, 0.29) is 34.1 Å². The van der Waals surface area contributed by atoms with Gasteiger partial charge in [-0.25, -0.2) is 9.97 Å². The molecule has 3 aliphatic rings. The van der Waals surface area contributed by atoms with Crippen LogP contribution in [0.3, 0.4) is 0 Å². The average molecular weight is 386 g/mol. The Morgan fingerprint density at radius 2 is 1.59 bits per heavy atom. The molecule has 29 heavy (non-hydrogen) atoms. The first-order chi connectivity index (χ1) is 13.9. The van der Waals surface area contributed by atoms with E-state index in [1.165, 1.54) is 6.33 Å².